The van der Waals surface area contributed by atoms with E-state index < -0.39 is 17.8 Å². The van der Waals surface area contributed by atoms with Crippen molar-refractivity contribution in [2.24, 2.45) is 0 Å². The van der Waals surface area contributed by atoms with E-state index in [1.807, 2.05) is 65.4 Å². The maximum absolute atomic E-state index is 13.2. The minimum Gasteiger partial charge on any atom is -0.467 e. The van der Waals surface area contributed by atoms with Crippen LogP contribution in [-0.4, -0.2) is 28.7 Å². The molecule has 0 saturated heterocycles. The number of anilines is 1. The number of carbonyl (C=O) groups excluding carboxylic acids is 1. The summed E-state index contributed by atoms with van der Waals surface area (Å²) in [6.45, 7) is 2.23. The lowest BCUT2D eigenvalue weighted by atomic mass is 10.0. The van der Waals surface area contributed by atoms with Gasteiger partial charge < -0.3 is 14.6 Å². The van der Waals surface area contributed by atoms with Crippen LogP contribution in [-0.2, 0) is 22.3 Å². The predicted octanol–water partition coefficient (Wildman–Crippen LogP) is 9.73. The van der Waals surface area contributed by atoms with Crippen LogP contribution in [0.4, 0.5) is 18.9 Å². The molecule has 5 nitrogen and oxygen atoms in total. The Hall–Kier alpha value is -4.53. The van der Waals surface area contributed by atoms with Crippen molar-refractivity contribution in [2.75, 3.05) is 12.4 Å². The molecule has 45 heavy (non-hydrogen) atoms. The molecule has 5 aromatic rings. The molecule has 0 aliphatic rings. The highest BCUT2D eigenvalue weighted by molar-refractivity contribution is 6.36. The van der Waals surface area contributed by atoms with Crippen molar-refractivity contribution >= 4 is 47.0 Å². The Labute approximate surface area is 268 Å². The molecule has 1 unspecified atom stereocenters. The molecule has 0 spiro atoms. The van der Waals surface area contributed by atoms with Crippen molar-refractivity contribution in [2.45, 2.75) is 25.7 Å². The van der Waals surface area contributed by atoms with E-state index in [4.69, 9.17) is 32.9 Å². The third-order valence-corrected chi connectivity index (χ3v) is 7.67. The lowest BCUT2D eigenvalue weighted by molar-refractivity contribution is -0.141. The van der Waals surface area contributed by atoms with E-state index in [0.29, 0.717) is 39.2 Å². The summed E-state index contributed by atoms with van der Waals surface area (Å²) in [6, 6.07) is 25.0. The minimum absolute atomic E-state index is 0.354. The quantitative estimate of drug-likeness (QED) is 0.162. The molecule has 0 fully saturated rings. The van der Waals surface area contributed by atoms with Crippen LogP contribution in [0, 0.1) is 0 Å². The van der Waals surface area contributed by atoms with Crippen molar-refractivity contribution in [3.05, 3.63) is 130 Å². The molecule has 0 radical (unpaired) electrons. The van der Waals surface area contributed by atoms with E-state index in [1.165, 1.54) is 13.2 Å². The van der Waals surface area contributed by atoms with Crippen LogP contribution in [0.5, 0.6) is 0 Å². The number of methoxy groups -OCH3 is 1. The summed E-state index contributed by atoms with van der Waals surface area (Å²) in [5, 5.41) is 4.11. The first-order valence-corrected chi connectivity index (χ1v) is 14.7. The summed E-state index contributed by atoms with van der Waals surface area (Å²) in [5.41, 5.74) is 4.51. The molecular formula is C35H28Cl2F3N3O2. The predicted molar refractivity (Wildman–Crippen MR) is 174 cm³/mol. The van der Waals surface area contributed by atoms with Gasteiger partial charge >= 0.3 is 12.1 Å². The topological polar surface area (TPSA) is 56.1 Å². The smallest absolute Gasteiger partial charge is 0.416 e. The van der Waals surface area contributed by atoms with Gasteiger partial charge in [-0.05, 0) is 77.7 Å². The van der Waals surface area contributed by atoms with Gasteiger partial charge in [-0.3, -0.25) is 0 Å². The van der Waals surface area contributed by atoms with Gasteiger partial charge in [0.1, 0.15) is 11.9 Å². The standard InChI is InChI=1S/C35H28Cl2F3N3O2/c1-22(34(44)45-2)41-29-14-8-24(9-15-29)20-43-21-32(30-16-13-28(36)19-31(30)37)42-33(43)17-10-23-6-11-25(12-7-23)26-4-3-5-27(18-26)35(38,39)40/h3-19,21-22,41H,20H2,1-2H3. The third-order valence-electron chi connectivity index (χ3n) is 7.12. The van der Waals surface area contributed by atoms with Crippen LogP contribution in [0.2, 0.25) is 10.0 Å². The summed E-state index contributed by atoms with van der Waals surface area (Å²) in [7, 11) is 1.35. The van der Waals surface area contributed by atoms with E-state index in [9.17, 15) is 18.0 Å². The summed E-state index contributed by atoms with van der Waals surface area (Å²) < 4.78 is 46.3. The van der Waals surface area contributed by atoms with Crippen LogP contribution in [0.3, 0.4) is 0 Å². The first-order chi connectivity index (χ1) is 21.5. The highest BCUT2D eigenvalue weighted by Crippen LogP contribution is 2.33. The van der Waals surface area contributed by atoms with Gasteiger partial charge in [0.25, 0.3) is 0 Å². The van der Waals surface area contributed by atoms with E-state index in [0.717, 1.165) is 34.5 Å². The normalized spacial score (nSPS) is 12.3. The fraction of sp³-hybridized carbons (Fsp3) is 0.143. The number of hydrogen-bond donors (Lipinski definition) is 1. The Bertz CT molecular complexity index is 1830. The molecule has 1 N–H and O–H groups in total. The molecule has 10 heteroatoms. The Balaban J connectivity index is 1.40. The molecule has 0 amide bonds. The van der Waals surface area contributed by atoms with Gasteiger partial charge in [-0.25, -0.2) is 9.78 Å². The Kier molecular flexibility index (Phi) is 9.65. The highest BCUT2D eigenvalue weighted by Gasteiger charge is 2.30. The van der Waals surface area contributed by atoms with E-state index in [1.54, 1.807) is 37.3 Å². The first-order valence-electron chi connectivity index (χ1n) is 13.9. The molecule has 0 aliphatic carbocycles. The number of hydrogen-bond acceptors (Lipinski definition) is 4. The molecule has 4 aromatic carbocycles. The molecule has 1 atom stereocenters. The van der Waals surface area contributed by atoms with Gasteiger partial charge in [0.15, 0.2) is 0 Å². The van der Waals surface area contributed by atoms with Crippen molar-refractivity contribution in [1.82, 2.24) is 9.55 Å². The van der Waals surface area contributed by atoms with Gasteiger partial charge in [0.05, 0.1) is 23.4 Å². The number of halogens is 5. The summed E-state index contributed by atoms with van der Waals surface area (Å²) in [4.78, 5) is 16.6. The second-order valence-corrected chi connectivity index (χ2v) is 11.2. The van der Waals surface area contributed by atoms with Crippen molar-refractivity contribution in [3.8, 4) is 22.4 Å². The maximum Gasteiger partial charge on any atom is 0.416 e. The Morgan fingerprint density at radius 3 is 2.36 bits per heavy atom. The van der Waals surface area contributed by atoms with E-state index >= 15 is 0 Å². The van der Waals surface area contributed by atoms with Crippen LogP contribution in [0.25, 0.3) is 34.5 Å². The molecule has 230 valence electrons. The minimum atomic E-state index is -4.41. The fourth-order valence-electron chi connectivity index (χ4n) is 4.74. The lowest BCUT2D eigenvalue weighted by Crippen LogP contribution is -2.27. The summed E-state index contributed by atoms with van der Waals surface area (Å²) >= 11 is 12.6. The number of nitrogens with one attached hydrogen (secondary N) is 1. The maximum atomic E-state index is 13.2. The second kappa shape index (κ2) is 13.6. The zero-order valence-corrected chi connectivity index (χ0v) is 25.8. The second-order valence-electron chi connectivity index (χ2n) is 10.4. The number of rotatable bonds is 9. The summed E-state index contributed by atoms with van der Waals surface area (Å²) in [5.74, 6) is 0.312. The Morgan fingerprint density at radius 2 is 1.69 bits per heavy atom. The van der Waals surface area contributed by atoms with Crippen LogP contribution in [0.1, 0.15) is 29.4 Å². The largest absolute Gasteiger partial charge is 0.467 e. The van der Waals surface area contributed by atoms with Gasteiger partial charge in [-0.2, -0.15) is 13.2 Å². The van der Waals surface area contributed by atoms with Crippen LogP contribution in [0.15, 0.2) is 97.2 Å². The number of ether oxygens (including phenoxy) is 1. The van der Waals surface area contributed by atoms with Crippen molar-refractivity contribution in [3.63, 3.8) is 0 Å². The van der Waals surface area contributed by atoms with Crippen LogP contribution >= 0.6 is 23.2 Å². The molecule has 1 aromatic heterocycles. The van der Waals surface area contributed by atoms with Gasteiger partial charge in [-0.15, -0.1) is 0 Å². The average Bonchev–Trinajstić information content (AvgIpc) is 3.42. The number of imidazole rings is 1. The molecule has 5 rings (SSSR count). The number of benzene rings is 4. The number of esters is 1. The monoisotopic (exact) mass is 649 g/mol. The zero-order chi connectivity index (χ0) is 32.1. The average molecular weight is 651 g/mol. The lowest BCUT2D eigenvalue weighted by Gasteiger charge is -2.13. The van der Waals surface area contributed by atoms with Gasteiger partial charge in [-0.1, -0.05) is 77.8 Å². The number of nitrogens with zero attached hydrogens (tertiary/aromatic N) is 2. The number of alkyl halides is 3. The molecule has 0 bridgehead atoms. The SMILES string of the molecule is COC(=O)C(C)Nc1ccc(Cn2cc(-c3ccc(Cl)cc3Cl)nc2C=Cc2ccc(-c3cccc(C(F)(F)F)c3)cc2)cc1. The van der Waals surface area contributed by atoms with Crippen molar-refractivity contribution < 1.29 is 22.7 Å². The van der Waals surface area contributed by atoms with Gasteiger partial charge in [0, 0.05) is 29.0 Å². The number of carbonyl (C=O) groups is 1. The Morgan fingerprint density at radius 1 is 0.956 bits per heavy atom. The van der Waals surface area contributed by atoms with E-state index in [-0.39, 0.29) is 5.97 Å². The highest BCUT2D eigenvalue weighted by atomic mass is 35.5. The number of aromatic nitrogens is 2. The van der Waals surface area contributed by atoms with E-state index in [2.05, 4.69) is 5.32 Å². The van der Waals surface area contributed by atoms with Gasteiger partial charge in [0.2, 0.25) is 0 Å². The molecular weight excluding hydrogens is 622 g/mol. The molecule has 0 saturated carbocycles. The third kappa shape index (κ3) is 7.95. The summed E-state index contributed by atoms with van der Waals surface area (Å²) in [6.07, 6.45) is 1.28. The van der Waals surface area contributed by atoms with Crippen LogP contribution < -0.4 is 5.32 Å². The van der Waals surface area contributed by atoms with Crippen molar-refractivity contribution in [1.29, 1.82) is 0 Å². The molecule has 1 heterocycles. The first kappa shape index (κ1) is 31.9. The zero-order valence-electron chi connectivity index (χ0n) is 24.3. The molecule has 0 aliphatic heterocycles. The fourth-order valence-corrected chi connectivity index (χ4v) is 5.24.